The van der Waals surface area contributed by atoms with Crippen molar-refractivity contribution in [2.24, 2.45) is 0 Å². The minimum absolute atomic E-state index is 0.166. The smallest absolute Gasteiger partial charge is 0.343 e. The molecule has 0 aliphatic carbocycles. The Balaban J connectivity index is 2.32. The van der Waals surface area contributed by atoms with Crippen LogP contribution in [0.4, 0.5) is 5.69 Å². The molecule has 30 heavy (non-hydrogen) atoms. The van der Waals surface area contributed by atoms with Crippen LogP contribution in [0.2, 0.25) is 10.0 Å². The molecule has 0 atom stereocenters. The molecule has 0 fully saturated rings. The lowest BCUT2D eigenvalue weighted by molar-refractivity contribution is -0.142. The molecule has 0 aliphatic heterocycles. The van der Waals surface area contributed by atoms with E-state index in [1.54, 1.807) is 30.3 Å². The molecular formula is C20H15BrCl2N2O5. The molecule has 1 N–H and O–H groups in total. The van der Waals surface area contributed by atoms with Crippen molar-refractivity contribution < 1.29 is 23.8 Å². The molecule has 156 valence electrons. The number of carbonyl (C=O) groups excluding carboxylic acids is 2. The van der Waals surface area contributed by atoms with Crippen molar-refractivity contribution in [2.45, 2.75) is 0 Å². The predicted molar refractivity (Wildman–Crippen MR) is 117 cm³/mol. The molecule has 2 aromatic carbocycles. The van der Waals surface area contributed by atoms with E-state index in [9.17, 15) is 14.9 Å². The second kappa shape index (κ2) is 10.9. The van der Waals surface area contributed by atoms with E-state index in [0.717, 1.165) is 0 Å². The molecule has 7 nitrogen and oxygen atoms in total. The average Bonchev–Trinajstić information content (AvgIpc) is 2.74. The molecule has 0 aliphatic rings. The number of rotatable bonds is 7. The zero-order chi connectivity index (χ0) is 22.3. The highest BCUT2D eigenvalue weighted by atomic mass is 79.9. The normalized spacial score (nSPS) is 10.7. The lowest BCUT2D eigenvalue weighted by Crippen LogP contribution is -2.14. The number of carbonyl (C=O) groups is 2. The molecule has 0 saturated heterocycles. The highest BCUT2D eigenvalue weighted by Crippen LogP contribution is 2.35. The maximum absolute atomic E-state index is 12.5. The molecule has 0 bridgehead atoms. The largest absolute Gasteiger partial charge is 0.493 e. The third-order valence-electron chi connectivity index (χ3n) is 3.72. The lowest BCUT2D eigenvalue weighted by atomic mass is 10.1. The fraction of sp³-hybridized carbons (Fsp3) is 0.150. The van der Waals surface area contributed by atoms with Crippen molar-refractivity contribution in [3.8, 4) is 17.6 Å². The average molecular weight is 514 g/mol. The molecule has 0 heterocycles. The number of hydrogen-bond donors (Lipinski definition) is 1. The van der Waals surface area contributed by atoms with Crippen molar-refractivity contribution >= 4 is 62.8 Å². The van der Waals surface area contributed by atoms with Crippen LogP contribution in [0.15, 0.2) is 40.4 Å². The number of halogens is 3. The summed E-state index contributed by atoms with van der Waals surface area (Å²) in [5, 5.41) is 12.4. The van der Waals surface area contributed by atoms with Crippen molar-refractivity contribution in [3.05, 3.63) is 56.0 Å². The van der Waals surface area contributed by atoms with Gasteiger partial charge in [0, 0.05) is 4.47 Å². The first-order chi connectivity index (χ1) is 14.3. The van der Waals surface area contributed by atoms with Crippen LogP contribution in [0.3, 0.4) is 0 Å². The third kappa shape index (κ3) is 5.89. The fourth-order valence-electron chi connectivity index (χ4n) is 2.22. The Morgan fingerprint density at radius 3 is 2.60 bits per heavy atom. The van der Waals surface area contributed by atoms with Gasteiger partial charge >= 0.3 is 5.97 Å². The van der Waals surface area contributed by atoms with Gasteiger partial charge in [-0.2, -0.15) is 5.26 Å². The van der Waals surface area contributed by atoms with Gasteiger partial charge in [-0.25, -0.2) is 4.79 Å². The van der Waals surface area contributed by atoms with E-state index in [1.807, 2.05) is 6.07 Å². The summed E-state index contributed by atoms with van der Waals surface area (Å²) >= 11 is 15.4. The number of nitrogens with zero attached hydrogens (tertiary/aromatic N) is 1. The zero-order valence-electron chi connectivity index (χ0n) is 15.8. The van der Waals surface area contributed by atoms with Crippen LogP contribution in [0.1, 0.15) is 5.56 Å². The molecule has 1 amide bonds. The lowest BCUT2D eigenvalue weighted by Gasteiger charge is -2.12. The molecular weight excluding hydrogens is 499 g/mol. The van der Waals surface area contributed by atoms with Crippen molar-refractivity contribution in [1.29, 1.82) is 5.26 Å². The van der Waals surface area contributed by atoms with Gasteiger partial charge < -0.3 is 19.5 Å². The standard InChI is InChI=1S/C20H15BrCl2N2O5/c1-28-16-7-11(13(21)8-17(16)30-10-18(26)29-2)6-12(9-24)20(27)25-15-5-3-4-14(22)19(15)23/h3-8H,10H2,1-2H3,(H,25,27)/b12-6-. The highest BCUT2D eigenvalue weighted by Gasteiger charge is 2.16. The van der Waals surface area contributed by atoms with Gasteiger partial charge in [0.05, 0.1) is 30.0 Å². The second-order valence-electron chi connectivity index (χ2n) is 5.61. The number of esters is 1. The first kappa shape index (κ1) is 23.5. The fourth-order valence-corrected chi connectivity index (χ4v) is 3.01. The van der Waals surface area contributed by atoms with Crippen LogP contribution in [0.5, 0.6) is 11.5 Å². The van der Waals surface area contributed by atoms with Gasteiger partial charge in [-0.1, -0.05) is 45.2 Å². The number of ether oxygens (including phenoxy) is 3. The van der Waals surface area contributed by atoms with Gasteiger partial charge in [0.1, 0.15) is 11.6 Å². The van der Waals surface area contributed by atoms with Crippen LogP contribution >= 0.6 is 39.1 Å². The number of hydrogen-bond acceptors (Lipinski definition) is 6. The summed E-state index contributed by atoms with van der Waals surface area (Å²) < 4.78 is 15.7. The van der Waals surface area contributed by atoms with Gasteiger partial charge in [-0.3, -0.25) is 4.79 Å². The van der Waals surface area contributed by atoms with E-state index < -0.39 is 11.9 Å². The van der Waals surface area contributed by atoms with E-state index in [2.05, 4.69) is 26.0 Å². The van der Waals surface area contributed by atoms with E-state index >= 15 is 0 Å². The third-order valence-corrected chi connectivity index (χ3v) is 5.23. The Hall–Kier alpha value is -2.73. The summed E-state index contributed by atoms with van der Waals surface area (Å²) in [6, 6.07) is 9.71. The molecule has 2 aromatic rings. The maximum Gasteiger partial charge on any atom is 0.343 e. The van der Waals surface area contributed by atoms with Crippen LogP contribution in [0.25, 0.3) is 6.08 Å². The zero-order valence-corrected chi connectivity index (χ0v) is 18.9. The summed E-state index contributed by atoms with van der Waals surface area (Å²) in [4.78, 5) is 23.8. The Kier molecular flexibility index (Phi) is 8.54. The summed E-state index contributed by atoms with van der Waals surface area (Å²) in [5.41, 5.74) is 0.566. The van der Waals surface area contributed by atoms with Crippen molar-refractivity contribution in [2.75, 3.05) is 26.1 Å². The second-order valence-corrected chi connectivity index (χ2v) is 7.25. The highest BCUT2D eigenvalue weighted by molar-refractivity contribution is 9.10. The Bertz CT molecular complexity index is 1050. The van der Waals surface area contributed by atoms with Gasteiger partial charge in [0.2, 0.25) is 0 Å². The number of benzene rings is 2. The van der Waals surface area contributed by atoms with Crippen LogP contribution < -0.4 is 14.8 Å². The van der Waals surface area contributed by atoms with Crippen LogP contribution in [-0.2, 0) is 14.3 Å². The molecule has 0 unspecified atom stereocenters. The molecule has 2 rings (SSSR count). The van der Waals surface area contributed by atoms with Gasteiger partial charge in [-0.05, 0) is 35.9 Å². The predicted octanol–water partition coefficient (Wildman–Crippen LogP) is 4.86. The van der Waals surface area contributed by atoms with Gasteiger partial charge in [0.15, 0.2) is 18.1 Å². The van der Waals surface area contributed by atoms with Crippen LogP contribution in [0, 0.1) is 11.3 Å². The molecule has 10 heteroatoms. The number of amides is 1. The van der Waals surface area contributed by atoms with Crippen LogP contribution in [-0.4, -0.2) is 32.7 Å². The van der Waals surface area contributed by atoms with Gasteiger partial charge in [0.25, 0.3) is 5.91 Å². The Labute approximate surface area is 191 Å². The number of methoxy groups -OCH3 is 2. The summed E-state index contributed by atoms with van der Waals surface area (Å²) in [5.74, 6) is -0.650. The maximum atomic E-state index is 12.5. The van der Waals surface area contributed by atoms with Crippen molar-refractivity contribution in [1.82, 2.24) is 0 Å². The first-order valence-electron chi connectivity index (χ1n) is 8.25. The summed E-state index contributed by atoms with van der Waals surface area (Å²) in [7, 11) is 2.67. The number of nitrogens with one attached hydrogen (secondary N) is 1. The molecule has 0 saturated carbocycles. The molecule has 0 radical (unpaired) electrons. The molecule has 0 aromatic heterocycles. The summed E-state index contributed by atoms with van der Waals surface area (Å²) in [6.07, 6.45) is 1.37. The summed E-state index contributed by atoms with van der Waals surface area (Å²) in [6.45, 7) is -0.305. The van der Waals surface area contributed by atoms with Gasteiger partial charge in [-0.15, -0.1) is 0 Å². The number of anilines is 1. The molecule has 0 spiro atoms. The van der Waals surface area contributed by atoms with E-state index in [4.69, 9.17) is 32.7 Å². The number of nitriles is 1. The monoisotopic (exact) mass is 512 g/mol. The van der Waals surface area contributed by atoms with Crippen molar-refractivity contribution in [3.63, 3.8) is 0 Å². The van der Waals surface area contributed by atoms with E-state index in [1.165, 1.54) is 20.3 Å². The quantitative estimate of drug-likeness (QED) is 0.322. The Morgan fingerprint density at radius 2 is 1.97 bits per heavy atom. The minimum atomic E-state index is -0.668. The van der Waals surface area contributed by atoms with E-state index in [-0.39, 0.29) is 33.7 Å². The first-order valence-corrected chi connectivity index (χ1v) is 9.79. The topological polar surface area (TPSA) is 97.7 Å². The van der Waals surface area contributed by atoms with E-state index in [0.29, 0.717) is 15.8 Å². The minimum Gasteiger partial charge on any atom is -0.493 e. The Morgan fingerprint density at radius 1 is 1.23 bits per heavy atom. The SMILES string of the molecule is COC(=O)COc1cc(Br)c(/C=C(/C#N)C(=O)Nc2cccc(Cl)c2Cl)cc1OC.